The zero-order valence-corrected chi connectivity index (χ0v) is 10.2. The summed E-state index contributed by atoms with van der Waals surface area (Å²) in [4.78, 5) is 14.6. The summed E-state index contributed by atoms with van der Waals surface area (Å²) in [6.07, 6.45) is 6.19. The topological polar surface area (TPSA) is 67.2 Å². The van der Waals surface area contributed by atoms with Crippen LogP contribution in [0.25, 0.3) is 0 Å². The molecule has 19 heavy (non-hydrogen) atoms. The number of carboxylic acids is 1. The van der Waals surface area contributed by atoms with Crippen LogP contribution in [0.5, 0.6) is 0 Å². The van der Waals surface area contributed by atoms with Crippen LogP contribution in [-0.4, -0.2) is 27.2 Å². The van der Waals surface area contributed by atoms with Crippen LogP contribution in [0, 0.1) is 5.82 Å². The summed E-state index contributed by atoms with van der Waals surface area (Å²) >= 11 is 0. The Labute approximate surface area is 109 Å². The van der Waals surface area contributed by atoms with Crippen LogP contribution in [0.4, 0.5) is 10.1 Å². The van der Waals surface area contributed by atoms with Crippen LogP contribution in [0.2, 0.25) is 0 Å². The van der Waals surface area contributed by atoms with Gasteiger partial charge in [-0.3, -0.25) is 0 Å². The van der Waals surface area contributed by atoms with Crippen LogP contribution in [0.3, 0.4) is 0 Å². The summed E-state index contributed by atoms with van der Waals surface area (Å²) in [5.74, 6) is -1.99. The van der Waals surface area contributed by atoms with Gasteiger partial charge in [0.25, 0.3) is 0 Å². The molecular weight excluding hydrogens is 249 g/mol. The van der Waals surface area contributed by atoms with Crippen LogP contribution in [-0.2, 0) is 6.54 Å². The van der Waals surface area contributed by atoms with Crippen molar-refractivity contribution in [3.8, 4) is 0 Å². The van der Waals surface area contributed by atoms with E-state index >= 15 is 0 Å². The van der Waals surface area contributed by atoms with Gasteiger partial charge in [-0.2, -0.15) is 0 Å². The Morgan fingerprint density at radius 1 is 1.47 bits per heavy atom. The molecule has 0 atom stereocenters. The number of hydrogen-bond donors (Lipinski definition) is 2. The lowest BCUT2D eigenvalue weighted by Crippen LogP contribution is -2.07. The molecule has 2 aromatic rings. The fraction of sp³-hybridized carbons (Fsp3) is 0.231. The molecule has 0 spiro atoms. The van der Waals surface area contributed by atoms with E-state index < -0.39 is 11.8 Å². The Morgan fingerprint density at radius 2 is 2.32 bits per heavy atom. The summed E-state index contributed by atoms with van der Waals surface area (Å²) in [6, 6.07) is 4.01. The van der Waals surface area contributed by atoms with Crippen molar-refractivity contribution < 1.29 is 14.3 Å². The predicted octanol–water partition coefficient (Wildman–Crippen LogP) is 2.22. The van der Waals surface area contributed by atoms with Crippen molar-refractivity contribution in [2.24, 2.45) is 0 Å². The van der Waals surface area contributed by atoms with Crippen LogP contribution in [0.1, 0.15) is 16.8 Å². The zero-order chi connectivity index (χ0) is 13.7. The molecule has 0 fully saturated rings. The first-order valence-corrected chi connectivity index (χ1v) is 5.89. The Balaban J connectivity index is 1.83. The molecular formula is C13H14FN3O2. The number of hydrogen-bond acceptors (Lipinski definition) is 3. The fourth-order valence-corrected chi connectivity index (χ4v) is 1.71. The molecule has 0 amide bonds. The van der Waals surface area contributed by atoms with Gasteiger partial charge in [-0.1, -0.05) is 0 Å². The van der Waals surface area contributed by atoms with Crippen molar-refractivity contribution in [2.45, 2.75) is 13.0 Å². The minimum Gasteiger partial charge on any atom is -0.478 e. The average molecular weight is 263 g/mol. The second-order valence-corrected chi connectivity index (χ2v) is 4.08. The number of aromatic carboxylic acids is 1. The predicted molar refractivity (Wildman–Crippen MR) is 68.7 cm³/mol. The number of imidazole rings is 1. The molecule has 1 aromatic carbocycles. The molecule has 0 saturated heterocycles. The first-order valence-electron chi connectivity index (χ1n) is 5.89. The molecule has 1 heterocycles. The number of nitrogens with one attached hydrogen (secondary N) is 1. The molecule has 0 radical (unpaired) electrons. The van der Waals surface area contributed by atoms with Gasteiger partial charge in [0.1, 0.15) is 5.82 Å². The van der Waals surface area contributed by atoms with Crippen molar-refractivity contribution >= 4 is 11.7 Å². The van der Waals surface area contributed by atoms with Gasteiger partial charge in [0, 0.05) is 31.2 Å². The number of anilines is 1. The van der Waals surface area contributed by atoms with Gasteiger partial charge >= 0.3 is 5.97 Å². The number of aryl methyl sites for hydroxylation is 1. The molecule has 0 aliphatic rings. The molecule has 100 valence electrons. The average Bonchev–Trinajstić information content (AvgIpc) is 2.87. The first-order chi connectivity index (χ1) is 9.16. The highest BCUT2D eigenvalue weighted by Crippen LogP contribution is 2.14. The van der Waals surface area contributed by atoms with E-state index in [1.54, 1.807) is 18.6 Å². The maximum atomic E-state index is 13.4. The van der Waals surface area contributed by atoms with Gasteiger partial charge in [0.05, 0.1) is 11.9 Å². The number of benzene rings is 1. The van der Waals surface area contributed by atoms with Crippen LogP contribution < -0.4 is 5.32 Å². The minimum absolute atomic E-state index is 0.316. The van der Waals surface area contributed by atoms with E-state index in [1.165, 1.54) is 12.1 Å². The highest BCUT2D eigenvalue weighted by Gasteiger charge is 2.09. The standard InChI is InChI=1S/C13H14FN3O2/c14-12-8-10(2-3-11(12)13(18)19)16-4-1-6-17-7-5-15-9-17/h2-3,5,7-9,16H,1,4,6H2,(H,18,19). The lowest BCUT2D eigenvalue weighted by Gasteiger charge is -2.07. The lowest BCUT2D eigenvalue weighted by atomic mass is 10.2. The number of rotatable bonds is 6. The van der Waals surface area contributed by atoms with E-state index in [1.807, 2.05) is 10.8 Å². The summed E-state index contributed by atoms with van der Waals surface area (Å²) in [5.41, 5.74) is 0.261. The highest BCUT2D eigenvalue weighted by molar-refractivity contribution is 5.88. The third kappa shape index (κ3) is 3.54. The number of halogens is 1. The maximum absolute atomic E-state index is 13.4. The number of nitrogens with zero attached hydrogens (tertiary/aromatic N) is 2. The van der Waals surface area contributed by atoms with E-state index in [-0.39, 0.29) is 5.56 Å². The second kappa shape index (κ2) is 5.99. The van der Waals surface area contributed by atoms with Gasteiger partial charge in [-0.15, -0.1) is 0 Å². The number of carbonyl (C=O) groups is 1. The van der Waals surface area contributed by atoms with Crippen molar-refractivity contribution in [3.63, 3.8) is 0 Å². The lowest BCUT2D eigenvalue weighted by molar-refractivity contribution is 0.0692. The van der Waals surface area contributed by atoms with Crippen molar-refractivity contribution in [1.29, 1.82) is 0 Å². The molecule has 0 aliphatic heterocycles. The third-order valence-electron chi connectivity index (χ3n) is 2.68. The van der Waals surface area contributed by atoms with Gasteiger partial charge in [-0.05, 0) is 24.6 Å². The Bertz CT molecular complexity index is 555. The van der Waals surface area contributed by atoms with E-state index in [9.17, 15) is 9.18 Å². The number of aromatic nitrogens is 2. The molecule has 2 rings (SSSR count). The molecule has 0 saturated carbocycles. The zero-order valence-electron chi connectivity index (χ0n) is 10.2. The second-order valence-electron chi connectivity index (χ2n) is 4.08. The van der Waals surface area contributed by atoms with E-state index in [2.05, 4.69) is 10.3 Å². The normalized spacial score (nSPS) is 10.4. The SMILES string of the molecule is O=C(O)c1ccc(NCCCn2ccnc2)cc1F. The molecule has 1 aromatic heterocycles. The Hall–Kier alpha value is -2.37. The summed E-state index contributed by atoms with van der Waals surface area (Å²) in [7, 11) is 0. The van der Waals surface area contributed by atoms with Crippen LogP contribution in [0.15, 0.2) is 36.9 Å². The van der Waals surface area contributed by atoms with E-state index in [0.29, 0.717) is 12.2 Å². The fourth-order valence-electron chi connectivity index (χ4n) is 1.71. The molecule has 0 aliphatic carbocycles. The summed E-state index contributed by atoms with van der Waals surface area (Å²) < 4.78 is 15.4. The molecule has 6 heteroatoms. The Kier molecular flexibility index (Phi) is 4.12. The molecule has 0 unspecified atom stereocenters. The van der Waals surface area contributed by atoms with Crippen molar-refractivity contribution in [1.82, 2.24) is 9.55 Å². The van der Waals surface area contributed by atoms with E-state index in [4.69, 9.17) is 5.11 Å². The smallest absolute Gasteiger partial charge is 0.338 e. The largest absolute Gasteiger partial charge is 0.478 e. The molecule has 0 bridgehead atoms. The summed E-state index contributed by atoms with van der Waals surface area (Å²) in [5, 5.41) is 11.8. The van der Waals surface area contributed by atoms with Crippen LogP contribution >= 0.6 is 0 Å². The maximum Gasteiger partial charge on any atom is 0.338 e. The van der Waals surface area contributed by atoms with Gasteiger partial charge in [0.15, 0.2) is 0 Å². The van der Waals surface area contributed by atoms with Crippen molar-refractivity contribution in [3.05, 3.63) is 48.3 Å². The first kappa shape index (κ1) is 13.1. The number of carboxylic acid groups (broad SMARTS) is 1. The Morgan fingerprint density at radius 3 is 2.95 bits per heavy atom. The quantitative estimate of drug-likeness (QED) is 0.784. The van der Waals surface area contributed by atoms with Gasteiger partial charge < -0.3 is 15.0 Å². The van der Waals surface area contributed by atoms with Gasteiger partial charge in [-0.25, -0.2) is 14.2 Å². The van der Waals surface area contributed by atoms with Gasteiger partial charge in [0.2, 0.25) is 0 Å². The summed E-state index contributed by atoms with van der Waals surface area (Å²) in [6.45, 7) is 1.49. The van der Waals surface area contributed by atoms with Crippen molar-refractivity contribution in [2.75, 3.05) is 11.9 Å². The molecule has 2 N–H and O–H groups in total. The highest BCUT2D eigenvalue weighted by atomic mass is 19.1. The minimum atomic E-state index is -1.26. The third-order valence-corrected chi connectivity index (χ3v) is 2.68. The monoisotopic (exact) mass is 263 g/mol. The van der Waals surface area contributed by atoms with E-state index in [0.717, 1.165) is 13.0 Å². The molecule has 5 nitrogen and oxygen atoms in total.